The average Bonchev–Trinajstić information content (AvgIpc) is 2.69. The second-order valence-corrected chi connectivity index (χ2v) is 8.14. The minimum atomic E-state index is -4.95. The Labute approximate surface area is 177 Å². The van der Waals surface area contributed by atoms with E-state index in [1.165, 1.54) is 24.3 Å². The van der Waals surface area contributed by atoms with Gasteiger partial charge in [0.15, 0.2) is 0 Å². The van der Waals surface area contributed by atoms with E-state index < -0.39 is 49.8 Å². The summed E-state index contributed by atoms with van der Waals surface area (Å²) in [4.78, 5) is -0.753. The highest BCUT2D eigenvalue weighted by atomic mass is 32.2. The molecule has 0 aliphatic rings. The number of hydrogen-bond donors (Lipinski definition) is 1. The van der Waals surface area contributed by atoms with Crippen LogP contribution in [0.4, 0.5) is 40.8 Å². The zero-order valence-corrected chi connectivity index (χ0v) is 16.5. The van der Waals surface area contributed by atoms with Crippen molar-refractivity contribution in [3.05, 3.63) is 89.5 Å². The molecule has 3 nitrogen and oxygen atoms in total. The van der Waals surface area contributed by atoms with Crippen LogP contribution in [-0.4, -0.2) is 8.42 Å². The smallest absolute Gasteiger partial charge is 0.399 e. The average molecular weight is 483 g/mol. The zero-order valence-electron chi connectivity index (χ0n) is 15.7. The van der Waals surface area contributed by atoms with Crippen molar-refractivity contribution < 1.29 is 43.5 Å². The summed E-state index contributed by atoms with van der Waals surface area (Å²) in [6, 6.07) is 10.9. The molecule has 3 aromatic rings. The van der Waals surface area contributed by atoms with Crippen LogP contribution in [0.2, 0.25) is 0 Å². The third-order valence-electron chi connectivity index (χ3n) is 3.90. The quantitative estimate of drug-likeness (QED) is 0.272. The van der Waals surface area contributed by atoms with Gasteiger partial charge in [0.1, 0.15) is 11.6 Å². The number of sulfone groups is 1. The molecule has 12 heteroatoms. The number of anilines is 1. The Morgan fingerprint density at radius 3 is 1.56 bits per heavy atom. The predicted molar refractivity (Wildman–Crippen MR) is 99.1 cm³/mol. The third-order valence-corrected chi connectivity index (χ3v) is 5.67. The summed E-state index contributed by atoms with van der Waals surface area (Å²) in [5.74, 6) is -2.82. The standard InChI is InChI=1S/C13H8F4O2S.C7H5F4N/c14-12-7-6-10(8-11(12)13(15,16)17)20(18,19)9-4-2-1-3-5-9;8-6-2-1-4(12)3-5(6)7(9,10)11/h1-8H;1-3H,12H2. The molecular formula is C20H13F8NO2S. The molecule has 0 amide bonds. The first kappa shape index (κ1) is 25.1. The Kier molecular flexibility index (Phi) is 7.18. The van der Waals surface area contributed by atoms with E-state index in [1.54, 1.807) is 6.07 Å². The molecule has 0 atom stereocenters. The lowest BCUT2D eigenvalue weighted by Crippen LogP contribution is -2.10. The summed E-state index contributed by atoms with van der Waals surface area (Å²) in [5.41, 5.74) is 2.02. The molecule has 0 saturated carbocycles. The van der Waals surface area contributed by atoms with Gasteiger partial charge in [0.05, 0.1) is 20.9 Å². The van der Waals surface area contributed by atoms with Crippen molar-refractivity contribution in [2.45, 2.75) is 22.1 Å². The summed E-state index contributed by atoms with van der Waals surface area (Å²) >= 11 is 0. The molecule has 0 heterocycles. The first-order chi connectivity index (χ1) is 14.6. The number of alkyl halides is 6. The topological polar surface area (TPSA) is 60.2 Å². The molecule has 0 saturated heterocycles. The maximum absolute atomic E-state index is 13.1. The van der Waals surface area contributed by atoms with Gasteiger partial charge in [0.2, 0.25) is 9.84 Å². The van der Waals surface area contributed by atoms with Crippen LogP contribution >= 0.6 is 0 Å². The van der Waals surface area contributed by atoms with Gasteiger partial charge in [-0.3, -0.25) is 0 Å². The van der Waals surface area contributed by atoms with E-state index in [2.05, 4.69) is 0 Å². The van der Waals surface area contributed by atoms with E-state index in [4.69, 9.17) is 5.73 Å². The molecule has 172 valence electrons. The monoisotopic (exact) mass is 483 g/mol. The van der Waals surface area contributed by atoms with Crippen molar-refractivity contribution in [3.63, 3.8) is 0 Å². The van der Waals surface area contributed by atoms with E-state index in [1.807, 2.05) is 0 Å². The lowest BCUT2D eigenvalue weighted by Gasteiger charge is -2.10. The Morgan fingerprint density at radius 1 is 0.625 bits per heavy atom. The maximum Gasteiger partial charge on any atom is 0.419 e. The highest BCUT2D eigenvalue weighted by molar-refractivity contribution is 7.91. The molecule has 32 heavy (non-hydrogen) atoms. The van der Waals surface area contributed by atoms with Gasteiger partial charge in [-0.2, -0.15) is 26.3 Å². The van der Waals surface area contributed by atoms with Crippen molar-refractivity contribution in [2.75, 3.05) is 5.73 Å². The fraction of sp³-hybridized carbons (Fsp3) is 0.100. The van der Waals surface area contributed by atoms with E-state index in [9.17, 15) is 43.5 Å². The van der Waals surface area contributed by atoms with Gasteiger partial charge in [-0.05, 0) is 48.5 Å². The van der Waals surface area contributed by atoms with Crippen LogP contribution in [0.25, 0.3) is 0 Å². The van der Waals surface area contributed by atoms with Gasteiger partial charge in [-0.1, -0.05) is 18.2 Å². The van der Waals surface area contributed by atoms with Crippen molar-refractivity contribution in [2.24, 2.45) is 0 Å². The number of halogens is 8. The van der Waals surface area contributed by atoms with Crippen LogP contribution in [0.3, 0.4) is 0 Å². The van der Waals surface area contributed by atoms with Crippen LogP contribution in [0.15, 0.2) is 76.5 Å². The molecule has 0 bridgehead atoms. The number of hydrogen-bond acceptors (Lipinski definition) is 3. The summed E-state index contributed by atoms with van der Waals surface area (Å²) in [6.45, 7) is 0. The lowest BCUT2D eigenvalue weighted by atomic mass is 10.2. The molecule has 3 rings (SSSR count). The lowest BCUT2D eigenvalue weighted by molar-refractivity contribution is -0.140. The first-order valence-corrected chi connectivity index (χ1v) is 9.91. The second kappa shape index (κ2) is 9.15. The molecule has 0 unspecified atom stereocenters. The second-order valence-electron chi connectivity index (χ2n) is 6.19. The van der Waals surface area contributed by atoms with Gasteiger partial charge < -0.3 is 5.73 Å². The minimum Gasteiger partial charge on any atom is -0.399 e. The summed E-state index contributed by atoms with van der Waals surface area (Å²) in [5, 5.41) is 0. The van der Waals surface area contributed by atoms with E-state index in [0.29, 0.717) is 24.3 Å². The minimum absolute atomic E-state index is 0.108. The van der Waals surface area contributed by atoms with E-state index in [-0.39, 0.29) is 10.6 Å². The van der Waals surface area contributed by atoms with Crippen molar-refractivity contribution >= 4 is 15.5 Å². The molecule has 2 N–H and O–H groups in total. The molecule has 0 aliphatic heterocycles. The number of benzene rings is 3. The van der Waals surface area contributed by atoms with Crippen LogP contribution < -0.4 is 5.73 Å². The maximum atomic E-state index is 13.1. The van der Waals surface area contributed by atoms with Gasteiger partial charge in [-0.15, -0.1) is 0 Å². The fourth-order valence-corrected chi connectivity index (χ4v) is 3.69. The van der Waals surface area contributed by atoms with E-state index >= 15 is 0 Å². The normalized spacial score (nSPS) is 12.1. The van der Waals surface area contributed by atoms with Crippen molar-refractivity contribution in [3.8, 4) is 0 Å². The summed E-state index contributed by atoms with van der Waals surface area (Å²) in [6.07, 6.45) is -9.63. The zero-order chi connectivity index (χ0) is 24.3. The molecule has 0 radical (unpaired) electrons. The van der Waals surface area contributed by atoms with Crippen LogP contribution in [-0.2, 0) is 22.2 Å². The molecule has 0 aliphatic carbocycles. The van der Waals surface area contributed by atoms with Crippen LogP contribution in [0.1, 0.15) is 11.1 Å². The van der Waals surface area contributed by atoms with Crippen LogP contribution in [0.5, 0.6) is 0 Å². The first-order valence-electron chi connectivity index (χ1n) is 8.43. The van der Waals surface area contributed by atoms with Gasteiger partial charge in [-0.25, -0.2) is 17.2 Å². The molecule has 3 aromatic carbocycles. The summed E-state index contributed by atoms with van der Waals surface area (Å²) in [7, 11) is -4.11. The molecule has 0 spiro atoms. The third kappa shape index (κ3) is 5.96. The Bertz CT molecular complexity index is 1190. The van der Waals surface area contributed by atoms with Crippen LogP contribution in [0, 0.1) is 11.6 Å². The number of rotatable bonds is 2. The SMILES string of the molecule is Nc1ccc(F)c(C(F)(F)F)c1.O=S(=O)(c1ccccc1)c1ccc(F)c(C(F)(F)F)c1. The highest BCUT2D eigenvalue weighted by Crippen LogP contribution is 2.34. The Hall–Kier alpha value is -3.15. The van der Waals surface area contributed by atoms with E-state index in [0.717, 1.165) is 12.1 Å². The number of nitrogen functional groups attached to an aromatic ring is 1. The molecule has 0 fully saturated rings. The fourth-order valence-electron chi connectivity index (χ4n) is 2.38. The highest BCUT2D eigenvalue weighted by Gasteiger charge is 2.36. The molecule has 0 aromatic heterocycles. The van der Waals surface area contributed by atoms with Gasteiger partial charge >= 0.3 is 12.4 Å². The summed E-state index contributed by atoms with van der Waals surface area (Å²) < 4.78 is 123. The van der Waals surface area contributed by atoms with Gasteiger partial charge in [0.25, 0.3) is 0 Å². The van der Waals surface area contributed by atoms with Gasteiger partial charge in [0, 0.05) is 5.69 Å². The predicted octanol–water partition coefficient (Wildman–Crippen LogP) is 6.10. The largest absolute Gasteiger partial charge is 0.419 e. The van der Waals surface area contributed by atoms with Crippen molar-refractivity contribution in [1.82, 2.24) is 0 Å². The van der Waals surface area contributed by atoms with Crippen molar-refractivity contribution in [1.29, 1.82) is 0 Å². The Morgan fingerprint density at radius 2 is 1.09 bits per heavy atom. The Balaban J connectivity index is 0.000000258. The molecular weight excluding hydrogens is 470 g/mol. The number of nitrogens with two attached hydrogens (primary N) is 1.